The van der Waals surface area contributed by atoms with Gasteiger partial charge in [-0.2, -0.15) is 15.0 Å². The second-order valence-corrected chi connectivity index (χ2v) is 4.25. The van der Waals surface area contributed by atoms with Crippen LogP contribution in [0.15, 0.2) is 0 Å². The van der Waals surface area contributed by atoms with Crippen molar-refractivity contribution >= 4 is 17.5 Å². The monoisotopic (exact) mass is 257 g/mol. The van der Waals surface area contributed by atoms with Gasteiger partial charge in [-0.15, -0.1) is 0 Å². The van der Waals surface area contributed by atoms with Crippen LogP contribution in [-0.2, 0) is 0 Å². The molecule has 0 aromatic carbocycles. The summed E-state index contributed by atoms with van der Waals surface area (Å²) in [7, 11) is 2.10. The van der Waals surface area contributed by atoms with Gasteiger partial charge in [-0.1, -0.05) is 0 Å². The molecule has 0 aliphatic carbocycles. The molecule has 6 nitrogen and oxygen atoms in total. The van der Waals surface area contributed by atoms with Crippen LogP contribution in [0, 0.1) is 0 Å². The van der Waals surface area contributed by atoms with E-state index in [1.54, 1.807) is 0 Å². The van der Waals surface area contributed by atoms with Gasteiger partial charge in [0.2, 0.25) is 11.2 Å². The van der Waals surface area contributed by atoms with Crippen LogP contribution in [0.4, 0.5) is 5.95 Å². The number of hydrogen-bond acceptors (Lipinski definition) is 6. The molecule has 2 rings (SSSR count). The van der Waals surface area contributed by atoms with Gasteiger partial charge in [0.1, 0.15) is 0 Å². The number of piperazine rings is 1. The molecule has 2 heterocycles. The number of halogens is 1. The highest BCUT2D eigenvalue weighted by molar-refractivity contribution is 6.28. The SMILES string of the molecule is CCOc1nc(Cl)nc(N2CCN(C)CC2)n1. The van der Waals surface area contributed by atoms with Gasteiger partial charge in [-0.05, 0) is 25.6 Å². The van der Waals surface area contributed by atoms with E-state index in [0.717, 1.165) is 26.2 Å². The Balaban J connectivity index is 2.14. The summed E-state index contributed by atoms with van der Waals surface area (Å²) in [5.41, 5.74) is 0. The fourth-order valence-electron chi connectivity index (χ4n) is 1.66. The molecule has 7 heteroatoms. The van der Waals surface area contributed by atoms with Crippen LogP contribution >= 0.6 is 11.6 Å². The van der Waals surface area contributed by atoms with Gasteiger partial charge in [-0.25, -0.2) is 0 Å². The van der Waals surface area contributed by atoms with Crippen LogP contribution in [0.25, 0.3) is 0 Å². The number of ether oxygens (including phenoxy) is 1. The maximum absolute atomic E-state index is 5.85. The number of likely N-dealkylation sites (N-methyl/N-ethyl adjacent to an activating group) is 1. The molecule has 94 valence electrons. The second-order valence-electron chi connectivity index (χ2n) is 3.91. The van der Waals surface area contributed by atoms with E-state index < -0.39 is 0 Å². The minimum Gasteiger partial charge on any atom is -0.464 e. The lowest BCUT2D eigenvalue weighted by Crippen LogP contribution is -2.45. The van der Waals surface area contributed by atoms with Crippen LogP contribution in [-0.4, -0.2) is 59.7 Å². The molecule has 1 aromatic rings. The van der Waals surface area contributed by atoms with Gasteiger partial charge < -0.3 is 14.5 Å². The first kappa shape index (κ1) is 12.3. The Hall–Kier alpha value is -1.14. The summed E-state index contributed by atoms with van der Waals surface area (Å²) < 4.78 is 5.26. The van der Waals surface area contributed by atoms with Gasteiger partial charge in [0, 0.05) is 26.2 Å². The van der Waals surface area contributed by atoms with Gasteiger partial charge in [0.05, 0.1) is 6.61 Å². The molecule has 1 aromatic heterocycles. The molecular formula is C10H16ClN5O. The van der Waals surface area contributed by atoms with Crippen LogP contribution in [0.5, 0.6) is 6.01 Å². The summed E-state index contributed by atoms with van der Waals surface area (Å²) in [6.07, 6.45) is 0. The first-order valence-electron chi connectivity index (χ1n) is 5.67. The van der Waals surface area contributed by atoms with Crippen LogP contribution in [0.2, 0.25) is 5.28 Å². The van der Waals surface area contributed by atoms with E-state index >= 15 is 0 Å². The van der Waals surface area contributed by atoms with Gasteiger partial charge in [0.25, 0.3) is 0 Å². The van der Waals surface area contributed by atoms with Crippen molar-refractivity contribution in [1.29, 1.82) is 0 Å². The predicted molar refractivity (Wildman–Crippen MR) is 65.7 cm³/mol. The Morgan fingerprint density at radius 2 is 1.88 bits per heavy atom. The largest absolute Gasteiger partial charge is 0.464 e. The van der Waals surface area contributed by atoms with Crippen molar-refractivity contribution in [1.82, 2.24) is 19.9 Å². The minimum atomic E-state index is 0.178. The average molecular weight is 258 g/mol. The lowest BCUT2D eigenvalue weighted by molar-refractivity contribution is 0.302. The van der Waals surface area contributed by atoms with Gasteiger partial charge >= 0.3 is 6.01 Å². The third kappa shape index (κ3) is 3.17. The quantitative estimate of drug-likeness (QED) is 0.794. The fourth-order valence-corrected chi connectivity index (χ4v) is 1.81. The molecule has 0 unspecified atom stereocenters. The Bertz CT molecular complexity index is 381. The van der Waals surface area contributed by atoms with Gasteiger partial charge in [0.15, 0.2) is 0 Å². The summed E-state index contributed by atoms with van der Waals surface area (Å²) >= 11 is 5.85. The summed E-state index contributed by atoms with van der Waals surface area (Å²) in [6, 6.07) is 0.293. The van der Waals surface area contributed by atoms with Crippen LogP contribution in [0.3, 0.4) is 0 Å². The summed E-state index contributed by atoms with van der Waals surface area (Å²) in [6.45, 7) is 6.17. The Morgan fingerprint density at radius 3 is 2.53 bits per heavy atom. The molecule has 0 amide bonds. The zero-order valence-corrected chi connectivity index (χ0v) is 10.8. The molecule has 1 fully saturated rings. The third-order valence-electron chi connectivity index (χ3n) is 2.64. The number of anilines is 1. The van der Waals surface area contributed by atoms with Gasteiger partial charge in [-0.3, -0.25) is 0 Å². The van der Waals surface area contributed by atoms with Crippen molar-refractivity contribution in [3.8, 4) is 6.01 Å². The standard InChI is InChI=1S/C10H16ClN5O/c1-3-17-10-13-8(11)12-9(14-10)16-6-4-15(2)5-7-16/h3-7H2,1-2H3. The molecular weight excluding hydrogens is 242 g/mol. The lowest BCUT2D eigenvalue weighted by atomic mass is 10.3. The number of hydrogen-bond donors (Lipinski definition) is 0. The van der Waals surface area contributed by atoms with E-state index in [9.17, 15) is 0 Å². The number of aromatic nitrogens is 3. The van der Waals surface area contributed by atoms with E-state index in [0.29, 0.717) is 18.6 Å². The first-order chi connectivity index (χ1) is 8.19. The Morgan fingerprint density at radius 1 is 1.18 bits per heavy atom. The molecule has 0 N–H and O–H groups in total. The molecule has 1 saturated heterocycles. The summed E-state index contributed by atoms with van der Waals surface area (Å²) in [4.78, 5) is 16.7. The van der Waals surface area contributed by atoms with Crippen molar-refractivity contribution in [2.45, 2.75) is 6.92 Å². The zero-order valence-electron chi connectivity index (χ0n) is 10.1. The second kappa shape index (κ2) is 5.46. The summed E-state index contributed by atoms with van der Waals surface area (Å²) in [5.74, 6) is 0.599. The average Bonchev–Trinajstić information content (AvgIpc) is 2.29. The topological polar surface area (TPSA) is 54.4 Å². The van der Waals surface area contributed by atoms with Crippen molar-refractivity contribution in [2.24, 2.45) is 0 Å². The highest BCUT2D eigenvalue weighted by Crippen LogP contribution is 2.16. The highest BCUT2D eigenvalue weighted by atomic mass is 35.5. The number of nitrogens with zero attached hydrogens (tertiary/aromatic N) is 5. The van der Waals surface area contributed by atoms with Crippen molar-refractivity contribution < 1.29 is 4.74 Å². The van der Waals surface area contributed by atoms with Crippen molar-refractivity contribution in [3.63, 3.8) is 0 Å². The lowest BCUT2D eigenvalue weighted by Gasteiger charge is -2.32. The third-order valence-corrected chi connectivity index (χ3v) is 2.80. The smallest absolute Gasteiger partial charge is 0.322 e. The Kier molecular flexibility index (Phi) is 3.96. The van der Waals surface area contributed by atoms with E-state index in [4.69, 9.17) is 16.3 Å². The highest BCUT2D eigenvalue weighted by Gasteiger charge is 2.18. The van der Waals surface area contributed by atoms with E-state index in [1.165, 1.54) is 0 Å². The maximum Gasteiger partial charge on any atom is 0.322 e. The molecule has 0 saturated carbocycles. The maximum atomic E-state index is 5.85. The fraction of sp³-hybridized carbons (Fsp3) is 0.700. The minimum absolute atomic E-state index is 0.178. The Labute approximate surface area is 106 Å². The van der Waals surface area contributed by atoms with E-state index in [2.05, 4.69) is 31.8 Å². The molecule has 1 aliphatic heterocycles. The molecule has 0 bridgehead atoms. The molecule has 0 atom stereocenters. The summed E-state index contributed by atoms with van der Waals surface area (Å²) in [5, 5.41) is 0.178. The molecule has 1 aliphatic rings. The molecule has 17 heavy (non-hydrogen) atoms. The van der Waals surface area contributed by atoms with Crippen LogP contribution < -0.4 is 9.64 Å². The van der Waals surface area contributed by atoms with E-state index in [-0.39, 0.29) is 5.28 Å². The van der Waals surface area contributed by atoms with Crippen LogP contribution in [0.1, 0.15) is 6.92 Å². The molecule has 0 radical (unpaired) electrons. The first-order valence-corrected chi connectivity index (χ1v) is 6.04. The van der Waals surface area contributed by atoms with Crippen molar-refractivity contribution in [2.75, 3.05) is 44.7 Å². The number of rotatable bonds is 3. The predicted octanol–water partition coefficient (Wildman–Crippen LogP) is 0.675. The normalized spacial score (nSPS) is 17.2. The zero-order chi connectivity index (χ0) is 12.3. The van der Waals surface area contributed by atoms with E-state index in [1.807, 2.05) is 6.92 Å². The molecule has 0 spiro atoms. The van der Waals surface area contributed by atoms with Crippen molar-refractivity contribution in [3.05, 3.63) is 5.28 Å².